The molecule has 0 aliphatic carbocycles. The van der Waals surface area contributed by atoms with Crippen molar-refractivity contribution in [3.8, 4) is 11.5 Å². The molecule has 0 saturated carbocycles. The molecule has 0 fully saturated rings. The van der Waals surface area contributed by atoms with Gasteiger partial charge in [0.05, 0.1) is 17.2 Å². The van der Waals surface area contributed by atoms with Crippen molar-refractivity contribution in [1.29, 1.82) is 0 Å². The van der Waals surface area contributed by atoms with Crippen molar-refractivity contribution in [3.05, 3.63) is 22.2 Å². The van der Waals surface area contributed by atoms with E-state index in [0.29, 0.717) is 6.61 Å². The number of rotatable bonds is 8. The minimum absolute atomic E-state index is 0.127. The van der Waals surface area contributed by atoms with E-state index in [9.17, 15) is 0 Å². The van der Waals surface area contributed by atoms with Crippen LogP contribution in [0.4, 0.5) is 0 Å². The number of halogens is 1. The molecule has 4 heteroatoms. The highest BCUT2D eigenvalue weighted by atomic mass is 79.9. The minimum Gasteiger partial charge on any atom is -0.490 e. The molecule has 1 aromatic carbocycles. The van der Waals surface area contributed by atoms with Crippen LogP contribution in [0.3, 0.4) is 0 Å². The van der Waals surface area contributed by atoms with E-state index in [2.05, 4.69) is 35.8 Å². The molecule has 2 unspecified atom stereocenters. The van der Waals surface area contributed by atoms with E-state index in [1.165, 1.54) is 0 Å². The third kappa shape index (κ3) is 5.33. The number of hydrogen-bond donors (Lipinski definition) is 1. The summed E-state index contributed by atoms with van der Waals surface area (Å²) < 4.78 is 12.7. The van der Waals surface area contributed by atoms with Crippen molar-refractivity contribution in [1.82, 2.24) is 0 Å². The zero-order chi connectivity index (χ0) is 15.1. The Balaban J connectivity index is 3.02. The summed E-state index contributed by atoms with van der Waals surface area (Å²) in [6, 6.07) is 4.23. The lowest BCUT2D eigenvalue weighted by Gasteiger charge is -2.19. The molecule has 0 radical (unpaired) electrons. The predicted octanol–water partition coefficient (Wildman–Crippen LogP) is 4.30. The Morgan fingerprint density at radius 2 is 1.95 bits per heavy atom. The summed E-state index contributed by atoms with van der Waals surface area (Å²) >= 11 is 3.59. The highest BCUT2D eigenvalue weighted by Gasteiger charge is 2.15. The molecule has 1 aromatic rings. The average molecular weight is 344 g/mol. The molecule has 1 rings (SSSR count). The van der Waals surface area contributed by atoms with Gasteiger partial charge in [0.25, 0.3) is 0 Å². The Hall–Kier alpha value is -0.740. The first kappa shape index (κ1) is 17.3. The Kier molecular flexibility index (Phi) is 7.38. The van der Waals surface area contributed by atoms with Gasteiger partial charge in [0.2, 0.25) is 0 Å². The first-order chi connectivity index (χ1) is 9.47. The zero-order valence-corrected chi connectivity index (χ0v) is 14.5. The topological polar surface area (TPSA) is 44.5 Å². The molecule has 20 heavy (non-hydrogen) atoms. The van der Waals surface area contributed by atoms with Crippen LogP contribution < -0.4 is 15.2 Å². The summed E-state index contributed by atoms with van der Waals surface area (Å²) in [5.41, 5.74) is 7.03. The smallest absolute Gasteiger partial charge is 0.175 e. The van der Waals surface area contributed by atoms with Gasteiger partial charge in [-0.3, -0.25) is 0 Å². The number of ether oxygens (including phenoxy) is 2. The summed E-state index contributed by atoms with van der Waals surface area (Å²) in [7, 11) is 0. The molecule has 114 valence electrons. The Morgan fingerprint density at radius 3 is 2.50 bits per heavy atom. The average Bonchev–Trinajstić information content (AvgIpc) is 2.33. The molecule has 3 nitrogen and oxygen atoms in total. The Bertz CT molecular complexity index is 421. The summed E-state index contributed by atoms with van der Waals surface area (Å²) in [5.74, 6) is 1.58. The first-order valence-electron chi connectivity index (χ1n) is 7.35. The minimum atomic E-state index is 0.127. The second-order valence-electron chi connectivity index (χ2n) is 5.24. The molecule has 0 saturated heterocycles. The van der Waals surface area contributed by atoms with Gasteiger partial charge in [0, 0.05) is 6.04 Å². The standard InChI is InChI=1S/C16H26BrNO2/c1-5-7-12(4)20-16-14(17)9-13(8-11(3)18)10-15(16)19-6-2/h9-12H,5-8,18H2,1-4H3. The highest BCUT2D eigenvalue weighted by molar-refractivity contribution is 9.10. The van der Waals surface area contributed by atoms with Crippen LogP contribution in [0.25, 0.3) is 0 Å². The van der Waals surface area contributed by atoms with E-state index < -0.39 is 0 Å². The van der Waals surface area contributed by atoms with Crippen LogP contribution in [0.5, 0.6) is 11.5 Å². The van der Waals surface area contributed by atoms with Gasteiger partial charge in [0.1, 0.15) is 0 Å². The maximum atomic E-state index is 6.03. The number of hydrogen-bond acceptors (Lipinski definition) is 3. The van der Waals surface area contributed by atoms with Crippen molar-refractivity contribution in [2.45, 2.75) is 59.1 Å². The molecule has 0 aliphatic rings. The number of benzene rings is 1. The van der Waals surface area contributed by atoms with Crippen LogP contribution in [0.15, 0.2) is 16.6 Å². The third-order valence-corrected chi connectivity index (χ3v) is 3.53. The van der Waals surface area contributed by atoms with E-state index in [4.69, 9.17) is 15.2 Å². The zero-order valence-electron chi connectivity index (χ0n) is 12.9. The van der Waals surface area contributed by atoms with Gasteiger partial charge in [0.15, 0.2) is 11.5 Å². The highest BCUT2D eigenvalue weighted by Crippen LogP contribution is 2.38. The fraction of sp³-hybridized carbons (Fsp3) is 0.625. The molecule has 2 atom stereocenters. The quantitative estimate of drug-likeness (QED) is 0.764. The molecule has 0 aliphatic heterocycles. The maximum Gasteiger partial charge on any atom is 0.175 e. The third-order valence-electron chi connectivity index (χ3n) is 2.94. The molecular weight excluding hydrogens is 318 g/mol. The van der Waals surface area contributed by atoms with Crippen molar-refractivity contribution < 1.29 is 9.47 Å². The summed E-state index contributed by atoms with van der Waals surface area (Å²) in [6.45, 7) is 8.84. The molecule has 0 aromatic heterocycles. The van der Waals surface area contributed by atoms with E-state index >= 15 is 0 Å². The normalized spacial score (nSPS) is 13.9. The first-order valence-corrected chi connectivity index (χ1v) is 8.14. The second kappa shape index (κ2) is 8.53. The lowest BCUT2D eigenvalue weighted by molar-refractivity contribution is 0.195. The van der Waals surface area contributed by atoms with Crippen LogP contribution in [0.2, 0.25) is 0 Å². The van der Waals surface area contributed by atoms with Gasteiger partial charge in [-0.05, 0) is 67.2 Å². The monoisotopic (exact) mass is 343 g/mol. The van der Waals surface area contributed by atoms with Crippen LogP contribution >= 0.6 is 15.9 Å². The molecule has 0 bridgehead atoms. The molecule has 0 heterocycles. The Labute approximate surface area is 131 Å². The number of nitrogens with two attached hydrogens (primary N) is 1. The maximum absolute atomic E-state index is 6.03. The van der Waals surface area contributed by atoms with Crippen LogP contribution in [0, 0.1) is 0 Å². The van der Waals surface area contributed by atoms with E-state index in [0.717, 1.165) is 40.8 Å². The molecule has 2 N–H and O–H groups in total. The van der Waals surface area contributed by atoms with Crippen LogP contribution in [-0.2, 0) is 6.42 Å². The molecule has 0 spiro atoms. The van der Waals surface area contributed by atoms with E-state index in [1.54, 1.807) is 0 Å². The van der Waals surface area contributed by atoms with Crippen molar-refractivity contribution in [2.24, 2.45) is 5.73 Å². The van der Waals surface area contributed by atoms with Gasteiger partial charge in [-0.25, -0.2) is 0 Å². The van der Waals surface area contributed by atoms with Gasteiger partial charge >= 0.3 is 0 Å². The van der Waals surface area contributed by atoms with Crippen molar-refractivity contribution in [3.63, 3.8) is 0 Å². The van der Waals surface area contributed by atoms with E-state index in [-0.39, 0.29) is 12.1 Å². The van der Waals surface area contributed by atoms with E-state index in [1.807, 2.05) is 19.9 Å². The predicted molar refractivity (Wildman–Crippen MR) is 87.7 cm³/mol. The fourth-order valence-corrected chi connectivity index (χ4v) is 2.74. The second-order valence-corrected chi connectivity index (χ2v) is 6.09. The molecular formula is C16H26BrNO2. The SMILES string of the molecule is CCCC(C)Oc1c(Br)cc(CC(C)N)cc1OCC. The van der Waals surface area contributed by atoms with Gasteiger partial charge in [-0.15, -0.1) is 0 Å². The molecule has 0 amide bonds. The van der Waals surface area contributed by atoms with Crippen LogP contribution in [-0.4, -0.2) is 18.8 Å². The van der Waals surface area contributed by atoms with Crippen LogP contribution in [0.1, 0.15) is 46.1 Å². The summed E-state index contributed by atoms with van der Waals surface area (Å²) in [6.07, 6.45) is 3.13. The summed E-state index contributed by atoms with van der Waals surface area (Å²) in [4.78, 5) is 0. The van der Waals surface area contributed by atoms with Gasteiger partial charge in [-0.2, -0.15) is 0 Å². The van der Waals surface area contributed by atoms with Gasteiger partial charge < -0.3 is 15.2 Å². The lowest BCUT2D eigenvalue weighted by Crippen LogP contribution is -2.18. The largest absolute Gasteiger partial charge is 0.490 e. The summed E-state index contributed by atoms with van der Waals surface area (Å²) in [5, 5.41) is 0. The fourth-order valence-electron chi connectivity index (χ4n) is 2.15. The lowest BCUT2D eigenvalue weighted by atomic mass is 10.1. The van der Waals surface area contributed by atoms with Crippen molar-refractivity contribution >= 4 is 15.9 Å². The van der Waals surface area contributed by atoms with Gasteiger partial charge in [-0.1, -0.05) is 13.3 Å². The van der Waals surface area contributed by atoms with Crippen molar-refractivity contribution in [2.75, 3.05) is 6.61 Å². The Morgan fingerprint density at radius 1 is 1.25 bits per heavy atom.